The fraction of sp³-hybridized carbons (Fsp3) is 0.348. The molecule has 2 aromatic carbocycles. The summed E-state index contributed by atoms with van der Waals surface area (Å²) in [6, 6.07) is 12.4. The van der Waals surface area contributed by atoms with Crippen molar-refractivity contribution in [1.82, 2.24) is 4.90 Å². The van der Waals surface area contributed by atoms with Gasteiger partial charge in [0, 0.05) is 47.8 Å². The van der Waals surface area contributed by atoms with Gasteiger partial charge >= 0.3 is 0 Å². The predicted molar refractivity (Wildman–Crippen MR) is 117 cm³/mol. The number of hydrogen-bond donors (Lipinski definition) is 1. The van der Waals surface area contributed by atoms with Crippen molar-refractivity contribution in [3.8, 4) is 0 Å². The molecule has 1 fully saturated rings. The highest BCUT2D eigenvalue weighted by atomic mass is 32.2. The summed E-state index contributed by atoms with van der Waals surface area (Å²) < 4.78 is 5.61. The quantitative estimate of drug-likeness (QED) is 0.676. The van der Waals surface area contributed by atoms with E-state index in [4.69, 9.17) is 4.42 Å². The molecule has 2 heterocycles. The van der Waals surface area contributed by atoms with Crippen LogP contribution in [0.25, 0.3) is 11.0 Å². The first-order chi connectivity index (χ1) is 13.6. The number of nitrogens with zero attached hydrogens (tertiary/aromatic N) is 1. The number of nitrogens with one attached hydrogen (secondary N) is 1. The van der Waals surface area contributed by atoms with Crippen molar-refractivity contribution in [3.63, 3.8) is 0 Å². The maximum atomic E-state index is 12.6. The molecule has 0 radical (unpaired) electrons. The molecule has 0 atom stereocenters. The van der Waals surface area contributed by atoms with Crippen molar-refractivity contribution < 1.29 is 9.21 Å². The third-order valence-electron chi connectivity index (χ3n) is 5.24. The summed E-state index contributed by atoms with van der Waals surface area (Å²) >= 11 is 2.03. The molecule has 0 unspecified atom stereocenters. The molecular formula is C23H26N2O2S. The van der Waals surface area contributed by atoms with Crippen molar-refractivity contribution in [2.45, 2.75) is 26.8 Å². The lowest BCUT2D eigenvalue weighted by Crippen LogP contribution is -2.31. The fourth-order valence-electron chi connectivity index (χ4n) is 3.68. The van der Waals surface area contributed by atoms with Gasteiger partial charge in [-0.05, 0) is 42.7 Å². The van der Waals surface area contributed by atoms with Crippen molar-refractivity contribution in [1.29, 1.82) is 0 Å². The fourth-order valence-corrected chi connectivity index (χ4v) is 4.66. The smallest absolute Gasteiger partial charge is 0.228 e. The first-order valence-corrected chi connectivity index (χ1v) is 10.9. The highest BCUT2D eigenvalue weighted by Gasteiger charge is 2.13. The van der Waals surface area contributed by atoms with Crippen LogP contribution in [0.15, 0.2) is 47.1 Å². The summed E-state index contributed by atoms with van der Waals surface area (Å²) in [5.41, 5.74) is 6.19. The van der Waals surface area contributed by atoms with E-state index in [0.717, 1.165) is 53.0 Å². The number of anilines is 1. The van der Waals surface area contributed by atoms with Crippen LogP contribution in [0.4, 0.5) is 5.69 Å². The number of furan rings is 1. The van der Waals surface area contributed by atoms with Crippen LogP contribution in [-0.4, -0.2) is 35.4 Å². The summed E-state index contributed by atoms with van der Waals surface area (Å²) in [5, 5.41) is 4.06. The van der Waals surface area contributed by atoms with Gasteiger partial charge in [-0.25, -0.2) is 0 Å². The van der Waals surface area contributed by atoms with Gasteiger partial charge in [-0.15, -0.1) is 0 Å². The molecule has 0 bridgehead atoms. The van der Waals surface area contributed by atoms with Crippen LogP contribution in [0.5, 0.6) is 0 Å². The Bertz CT molecular complexity index is 989. The summed E-state index contributed by atoms with van der Waals surface area (Å²) in [4.78, 5) is 15.1. The zero-order chi connectivity index (χ0) is 19.5. The van der Waals surface area contributed by atoms with Crippen LogP contribution in [0.3, 0.4) is 0 Å². The lowest BCUT2D eigenvalue weighted by atomic mass is 10.1. The normalized spacial score (nSPS) is 15.1. The summed E-state index contributed by atoms with van der Waals surface area (Å²) in [7, 11) is 0. The number of benzene rings is 2. The molecule has 1 aromatic heterocycles. The van der Waals surface area contributed by atoms with E-state index in [1.807, 2.05) is 43.0 Å². The maximum absolute atomic E-state index is 12.6. The van der Waals surface area contributed by atoms with E-state index >= 15 is 0 Å². The number of fused-ring (bicyclic) bond motifs is 1. The number of carbonyl (C=O) groups is 1. The van der Waals surface area contributed by atoms with E-state index in [2.05, 4.69) is 29.3 Å². The van der Waals surface area contributed by atoms with Gasteiger partial charge in [0.05, 0.1) is 12.7 Å². The molecule has 0 aliphatic carbocycles. The summed E-state index contributed by atoms with van der Waals surface area (Å²) in [6.45, 7) is 7.38. The van der Waals surface area contributed by atoms with Crippen molar-refractivity contribution in [3.05, 3.63) is 64.9 Å². The molecule has 146 valence electrons. The Labute approximate surface area is 170 Å². The van der Waals surface area contributed by atoms with E-state index in [9.17, 15) is 4.79 Å². The summed E-state index contributed by atoms with van der Waals surface area (Å²) in [5.74, 6) is 2.41. The number of aryl methyl sites for hydroxylation is 2. The molecular weight excluding hydrogens is 368 g/mol. The molecule has 3 aromatic rings. The monoisotopic (exact) mass is 394 g/mol. The molecule has 1 amide bonds. The third-order valence-corrected chi connectivity index (χ3v) is 6.18. The van der Waals surface area contributed by atoms with Gasteiger partial charge in [0.1, 0.15) is 5.58 Å². The van der Waals surface area contributed by atoms with Crippen molar-refractivity contribution in [2.24, 2.45) is 0 Å². The van der Waals surface area contributed by atoms with Gasteiger partial charge in [0.2, 0.25) is 5.91 Å². The second kappa shape index (κ2) is 8.41. The van der Waals surface area contributed by atoms with Gasteiger partial charge in [-0.1, -0.05) is 24.3 Å². The molecule has 5 heteroatoms. The first-order valence-electron chi connectivity index (χ1n) is 9.75. The van der Waals surface area contributed by atoms with Crippen molar-refractivity contribution in [2.75, 3.05) is 29.9 Å². The van der Waals surface area contributed by atoms with Gasteiger partial charge in [-0.2, -0.15) is 11.8 Å². The van der Waals surface area contributed by atoms with Gasteiger partial charge < -0.3 is 9.73 Å². The topological polar surface area (TPSA) is 45.5 Å². The molecule has 1 aliphatic rings. The Morgan fingerprint density at radius 2 is 1.96 bits per heavy atom. The second-order valence-electron chi connectivity index (χ2n) is 7.52. The standard InChI is InChI=1S/C23H26N2O2S/c1-16-3-5-20-19(15-27-22(20)11-16)13-23(26)24-21-6-4-18(12-17(21)2)14-25-7-9-28-10-8-25/h3-6,11-12,15H,7-10,13-14H2,1-2H3,(H,24,26). The van der Waals surface area contributed by atoms with Crippen LogP contribution in [0.1, 0.15) is 22.3 Å². The SMILES string of the molecule is Cc1ccc2c(CC(=O)Nc3ccc(CN4CCSCC4)cc3C)coc2c1. The zero-order valence-corrected chi connectivity index (χ0v) is 17.3. The number of carbonyl (C=O) groups excluding carboxylic acids is 1. The highest BCUT2D eigenvalue weighted by molar-refractivity contribution is 7.99. The highest BCUT2D eigenvalue weighted by Crippen LogP contribution is 2.24. The Hall–Kier alpha value is -2.24. The van der Waals surface area contributed by atoms with E-state index < -0.39 is 0 Å². The van der Waals surface area contributed by atoms with E-state index in [1.54, 1.807) is 6.26 Å². The van der Waals surface area contributed by atoms with Gasteiger partial charge in [-0.3, -0.25) is 9.69 Å². The van der Waals surface area contributed by atoms with Crippen molar-refractivity contribution >= 4 is 34.3 Å². The average molecular weight is 395 g/mol. The zero-order valence-electron chi connectivity index (χ0n) is 16.5. The maximum Gasteiger partial charge on any atom is 0.228 e. The average Bonchev–Trinajstić information content (AvgIpc) is 3.06. The third kappa shape index (κ3) is 4.42. The van der Waals surface area contributed by atoms with Gasteiger partial charge in [0.25, 0.3) is 0 Å². The Kier molecular flexibility index (Phi) is 5.74. The first kappa shape index (κ1) is 19.1. The molecule has 28 heavy (non-hydrogen) atoms. The van der Waals surface area contributed by atoms with Crippen LogP contribution in [-0.2, 0) is 17.8 Å². The molecule has 0 spiro atoms. The van der Waals surface area contributed by atoms with Crippen LogP contribution >= 0.6 is 11.8 Å². The van der Waals surface area contributed by atoms with E-state index in [1.165, 1.54) is 17.1 Å². The molecule has 4 nitrogen and oxygen atoms in total. The number of amides is 1. The minimum Gasteiger partial charge on any atom is -0.464 e. The summed E-state index contributed by atoms with van der Waals surface area (Å²) in [6.07, 6.45) is 2.00. The minimum atomic E-state index is -0.0211. The molecule has 1 aliphatic heterocycles. The van der Waals surface area contributed by atoms with E-state index in [0.29, 0.717) is 6.42 Å². The van der Waals surface area contributed by atoms with Crippen LogP contribution < -0.4 is 5.32 Å². The Balaban J connectivity index is 1.40. The largest absolute Gasteiger partial charge is 0.464 e. The predicted octanol–water partition coefficient (Wildman–Crippen LogP) is 4.78. The van der Waals surface area contributed by atoms with E-state index in [-0.39, 0.29) is 5.91 Å². The molecule has 1 saturated heterocycles. The molecule has 1 N–H and O–H groups in total. The Morgan fingerprint density at radius 3 is 2.75 bits per heavy atom. The number of rotatable bonds is 5. The molecule has 0 saturated carbocycles. The minimum absolute atomic E-state index is 0.0211. The number of thioether (sulfide) groups is 1. The van der Waals surface area contributed by atoms with Crippen LogP contribution in [0.2, 0.25) is 0 Å². The Morgan fingerprint density at radius 1 is 1.14 bits per heavy atom. The lowest BCUT2D eigenvalue weighted by Gasteiger charge is -2.26. The van der Waals surface area contributed by atoms with Gasteiger partial charge in [0.15, 0.2) is 0 Å². The molecule has 4 rings (SSSR count). The van der Waals surface area contributed by atoms with Crippen LogP contribution in [0, 0.1) is 13.8 Å². The number of hydrogen-bond acceptors (Lipinski definition) is 4. The second-order valence-corrected chi connectivity index (χ2v) is 8.75. The lowest BCUT2D eigenvalue weighted by molar-refractivity contribution is -0.115.